The van der Waals surface area contributed by atoms with Gasteiger partial charge in [0.1, 0.15) is 0 Å². The SMILES string of the molecule is C#CCCN1CCN(S(=O)(=O)c2ccc(-c3cnc(N)c(C(=O)Nc4cccnc4)n3)cc2)CC1. The Morgan fingerprint density at radius 2 is 1.86 bits per heavy atom. The first-order valence-corrected chi connectivity index (χ1v) is 12.4. The molecule has 35 heavy (non-hydrogen) atoms. The van der Waals surface area contributed by atoms with Gasteiger partial charge in [0.05, 0.1) is 28.7 Å². The van der Waals surface area contributed by atoms with Crippen LogP contribution in [0.3, 0.4) is 0 Å². The van der Waals surface area contributed by atoms with E-state index in [1.165, 1.54) is 28.8 Å². The summed E-state index contributed by atoms with van der Waals surface area (Å²) in [5.74, 6) is 2.07. The molecule has 1 aliphatic rings. The first-order valence-electron chi connectivity index (χ1n) is 11.0. The molecule has 0 spiro atoms. The Morgan fingerprint density at radius 3 is 2.51 bits per heavy atom. The molecule has 0 bridgehead atoms. The van der Waals surface area contributed by atoms with E-state index in [-0.39, 0.29) is 16.4 Å². The molecule has 3 heterocycles. The van der Waals surface area contributed by atoms with E-state index in [1.807, 2.05) is 0 Å². The standard InChI is InChI=1S/C24H25N7O3S/c1-2-3-11-30-12-14-31(15-13-30)35(33,34)20-8-6-18(7-9-20)21-17-27-23(25)22(29-21)24(32)28-19-5-4-10-26-16-19/h1,4-10,16-17H,3,11-15H2,(H2,25,27)(H,28,32). The van der Waals surface area contributed by atoms with Gasteiger partial charge < -0.3 is 11.1 Å². The minimum Gasteiger partial charge on any atom is -0.382 e. The summed E-state index contributed by atoms with van der Waals surface area (Å²) in [5.41, 5.74) is 7.33. The molecule has 0 saturated carbocycles. The zero-order valence-electron chi connectivity index (χ0n) is 19.0. The number of anilines is 2. The number of hydrogen-bond donors (Lipinski definition) is 2. The first-order chi connectivity index (χ1) is 16.9. The Hall–Kier alpha value is -3.85. The van der Waals surface area contributed by atoms with Crippen LogP contribution in [0.4, 0.5) is 11.5 Å². The number of sulfonamides is 1. The van der Waals surface area contributed by atoms with Gasteiger partial charge in [-0.25, -0.2) is 18.4 Å². The molecule has 1 amide bonds. The Morgan fingerprint density at radius 1 is 1.11 bits per heavy atom. The van der Waals surface area contributed by atoms with Crippen molar-refractivity contribution in [2.75, 3.05) is 43.8 Å². The van der Waals surface area contributed by atoms with Crippen molar-refractivity contribution in [2.45, 2.75) is 11.3 Å². The van der Waals surface area contributed by atoms with Crippen LogP contribution < -0.4 is 11.1 Å². The molecule has 1 aliphatic heterocycles. The summed E-state index contributed by atoms with van der Waals surface area (Å²) in [5, 5.41) is 2.68. The number of nitrogen functional groups attached to an aromatic ring is 1. The molecule has 2 aromatic heterocycles. The fourth-order valence-electron chi connectivity index (χ4n) is 3.69. The number of nitrogens with two attached hydrogens (primary N) is 1. The molecular formula is C24H25N7O3S. The lowest BCUT2D eigenvalue weighted by Gasteiger charge is -2.33. The van der Waals surface area contributed by atoms with Crippen molar-refractivity contribution in [2.24, 2.45) is 0 Å². The summed E-state index contributed by atoms with van der Waals surface area (Å²) in [6.45, 7) is 2.87. The highest BCUT2D eigenvalue weighted by molar-refractivity contribution is 7.89. The molecule has 180 valence electrons. The number of aromatic nitrogens is 3. The second-order valence-corrected chi connectivity index (χ2v) is 9.85. The third-order valence-corrected chi connectivity index (χ3v) is 7.54. The molecule has 0 atom stereocenters. The average Bonchev–Trinajstić information content (AvgIpc) is 2.88. The van der Waals surface area contributed by atoms with Crippen LogP contribution in [0, 0.1) is 12.3 Å². The van der Waals surface area contributed by atoms with E-state index >= 15 is 0 Å². The van der Waals surface area contributed by atoms with Crippen LogP contribution in [0.25, 0.3) is 11.3 Å². The van der Waals surface area contributed by atoms with Crippen molar-refractivity contribution in [3.05, 3.63) is 60.7 Å². The van der Waals surface area contributed by atoms with Crippen molar-refractivity contribution >= 4 is 27.4 Å². The lowest BCUT2D eigenvalue weighted by molar-refractivity contribution is 0.102. The van der Waals surface area contributed by atoms with Gasteiger partial charge in [-0.2, -0.15) is 4.31 Å². The molecule has 11 heteroatoms. The smallest absolute Gasteiger partial charge is 0.278 e. The second kappa shape index (κ2) is 10.6. The molecule has 3 aromatic rings. The number of piperazine rings is 1. The van der Waals surface area contributed by atoms with Crippen LogP contribution in [-0.4, -0.2) is 71.2 Å². The van der Waals surface area contributed by atoms with Gasteiger partial charge in [0.2, 0.25) is 10.0 Å². The monoisotopic (exact) mass is 491 g/mol. The lowest BCUT2D eigenvalue weighted by Crippen LogP contribution is -2.48. The Kier molecular flexibility index (Phi) is 7.36. The van der Waals surface area contributed by atoms with Gasteiger partial charge >= 0.3 is 0 Å². The number of benzene rings is 1. The molecule has 0 unspecified atom stereocenters. The number of hydrogen-bond acceptors (Lipinski definition) is 8. The fraction of sp³-hybridized carbons (Fsp3) is 0.250. The number of nitrogens with one attached hydrogen (secondary N) is 1. The van der Waals surface area contributed by atoms with E-state index in [9.17, 15) is 13.2 Å². The number of carbonyl (C=O) groups is 1. The maximum atomic E-state index is 13.1. The fourth-order valence-corrected chi connectivity index (χ4v) is 5.12. The third kappa shape index (κ3) is 5.63. The summed E-state index contributed by atoms with van der Waals surface area (Å²) in [6.07, 6.45) is 10.5. The van der Waals surface area contributed by atoms with Gasteiger partial charge in [0, 0.05) is 50.9 Å². The van der Waals surface area contributed by atoms with Crippen LogP contribution in [-0.2, 0) is 10.0 Å². The van der Waals surface area contributed by atoms with Crippen molar-refractivity contribution < 1.29 is 13.2 Å². The number of carbonyl (C=O) groups excluding carboxylic acids is 1. The molecule has 0 aliphatic carbocycles. The molecule has 1 aromatic carbocycles. The molecule has 0 radical (unpaired) electrons. The molecule has 1 fully saturated rings. The van der Waals surface area contributed by atoms with Crippen LogP contribution in [0.15, 0.2) is 59.9 Å². The summed E-state index contributed by atoms with van der Waals surface area (Å²) in [7, 11) is -3.63. The maximum Gasteiger partial charge on any atom is 0.278 e. The number of terminal acetylenes is 1. The van der Waals surface area contributed by atoms with Crippen molar-refractivity contribution in [1.82, 2.24) is 24.2 Å². The van der Waals surface area contributed by atoms with Gasteiger partial charge in [-0.15, -0.1) is 12.3 Å². The van der Waals surface area contributed by atoms with E-state index in [0.717, 1.165) is 6.54 Å². The van der Waals surface area contributed by atoms with Crippen molar-refractivity contribution in [3.63, 3.8) is 0 Å². The minimum atomic E-state index is -3.63. The molecule has 3 N–H and O–H groups in total. The first kappa shape index (κ1) is 24.3. The van der Waals surface area contributed by atoms with Crippen LogP contribution >= 0.6 is 0 Å². The van der Waals surface area contributed by atoms with E-state index in [0.29, 0.717) is 49.5 Å². The van der Waals surface area contributed by atoms with Gasteiger partial charge in [-0.05, 0) is 24.3 Å². The van der Waals surface area contributed by atoms with Crippen LogP contribution in [0.1, 0.15) is 16.9 Å². The number of pyridine rings is 1. The predicted octanol–water partition coefficient (Wildman–Crippen LogP) is 1.70. The van der Waals surface area contributed by atoms with E-state index in [4.69, 9.17) is 12.2 Å². The average molecular weight is 492 g/mol. The third-order valence-electron chi connectivity index (χ3n) is 5.63. The highest BCUT2D eigenvalue weighted by Crippen LogP contribution is 2.23. The van der Waals surface area contributed by atoms with Gasteiger partial charge in [0.25, 0.3) is 5.91 Å². The van der Waals surface area contributed by atoms with Crippen molar-refractivity contribution in [3.8, 4) is 23.6 Å². The Labute approximate surface area is 204 Å². The van der Waals surface area contributed by atoms with E-state index in [2.05, 4.69) is 31.1 Å². The normalized spacial score (nSPS) is 14.8. The molecular weight excluding hydrogens is 466 g/mol. The summed E-state index contributed by atoms with van der Waals surface area (Å²) in [6, 6.07) is 9.72. The summed E-state index contributed by atoms with van der Waals surface area (Å²) >= 11 is 0. The summed E-state index contributed by atoms with van der Waals surface area (Å²) in [4.78, 5) is 27.4. The summed E-state index contributed by atoms with van der Waals surface area (Å²) < 4.78 is 27.7. The van der Waals surface area contributed by atoms with Crippen molar-refractivity contribution in [1.29, 1.82) is 0 Å². The largest absolute Gasteiger partial charge is 0.382 e. The minimum absolute atomic E-state index is 0.0178. The Bertz CT molecular complexity index is 1330. The topological polar surface area (TPSA) is 134 Å². The lowest BCUT2D eigenvalue weighted by atomic mass is 10.1. The number of rotatable bonds is 7. The molecule has 1 saturated heterocycles. The predicted molar refractivity (Wildman–Crippen MR) is 133 cm³/mol. The molecule has 10 nitrogen and oxygen atoms in total. The molecule has 4 rings (SSSR count). The zero-order valence-corrected chi connectivity index (χ0v) is 19.8. The number of amides is 1. The number of nitrogens with zero attached hydrogens (tertiary/aromatic N) is 5. The Balaban J connectivity index is 1.48. The zero-order chi connectivity index (χ0) is 24.8. The van der Waals surface area contributed by atoms with E-state index in [1.54, 1.807) is 30.5 Å². The quantitative estimate of drug-likeness (QED) is 0.477. The second-order valence-electron chi connectivity index (χ2n) is 7.91. The highest BCUT2D eigenvalue weighted by atomic mass is 32.2. The van der Waals surface area contributed by atoms with Gasteiger partial charge in [-0.1, -0.05) is 12.1 Å². The maximum absolute atomic E-state index is 13.1. The van der Waals surface area contributed by atoms with Gasteiger partial charge in [0.15, 0.2) is 11.5 Å². The van der Waals surface area contributed by atoms with E-state index < -0.39 is 15.9 Å². The van der Waals surface area contributed by atoms with Crippen LogP contribution in [0.5, 0.6) is 0 Å². The van der Waals surface area contributed by atoms with Crippen LogP contribution in [0.2, 0.25) is 0 Å². The van der Waals surface area contributed by atoms with Gasteiger partial charge in [-0.3, -0.25) is 14.7 Å². The highest BCUT2D eigenvalue weighted by Gasteiger charge is 2.28.